The molecule has 6 N–H and O–H groups in total. The Morgan fingerprint density at radius 3 is 1.00 bits per heavy atom. The minimum Gasteiger partial charge on any atom is -1.00 e. The fraction of sp³-hybridized carbons (Fsp3) is 0. The molecule has 0 unspecified atom stereocenters. The van der Waals surface area contributed by atoms with Gasteiger partial charge in [0.2, 0.25) is 0 Å². The Balaban J connectivity index is -0.00000000833. The van der Waals surface area contributed by atoms with Gasteiger partial charge >= 0.3 is 49.7 Å². The summed E-state index contributed by atoms with van der Waals surface area (Å²) in [4.78, 5) is 18.2. The van der Waals surface area contributed by atoms with E-state index in [-0.39, 0.29) is 51.5 Å². The normalized spacial score (nSPS) is 4.40. The molecule has 6 nitrogen and oxygen atoms in total. The number of carboxylic acid groups (broad SMARTS) is 2. The molecule has 0 aliphatic carbocycles. The maximum Gasteiger partial charge on any atom is 1.00 e. The maximum absolute atomic E-state index is 9.10. The summed E-state index contributed by atoms with van der Waals surface area (Å²) in [5, 5.41) is 14.8. The van der Waals surface area contributed by atoms with E-state index in [9.17, 15) is 0 Å². The summed E-state index contributed by atoms with van der Waals surface area (Å²) in [7, 11) is 0. The number of rotatable bonds is 0. The number of aliphatic carboxylic acids is 2. The van der Waals surface area contributed by atoms with Gasteiger partial charge in [-0.1, -0.05) is 0 Å². The van der Waals surface area contributed by atoms with E-state index in [0.717, 1.165) is 0 Å². The number of hydrogen-bond donors (Lipinski definition) is 2. The Morgan fingerprint density at radius 2 is 1.00 bits per heavy atom. The fourth-order valence-electron chi connectivity index (χ4n) is 0. The first kappa shape index (κ1) is 32.3. The van der Waals surface area contributed by atoms with E-state index < -0.39 is 11.9 Å². The zero-order chi connectivity index (χ0) is 5.15. The van der Waals surface area contributed by atoms with Crippen molar-refractivity contribution in [2.24, 2.45) is 0 Å². The van der Waals surface area contributed by atoms with E-state index in [1.165, 1.54) is 0 Å². The predicted octanol–water partition coefficient (Wildman–Crippen LogP) is -8.26. The second-order valence-electron chi connectivity index (χ2n) is 0.610. The quantitative estimate of drug-likeness (QED) is 0.256. The van der Waals surface area contributed by atoms with Crippen LogP contribution in [0.4, 0.5) is 0 Å². The Bertz CT molecular complexity index is 87.5. The predicted molar refractivity (Wildman–Crippen MR) is 24.7 cm³/mol. The monoisotopic (exact) mass is 142 g/mol. The molecule has 0 radical (unpaired) electrons. The van der Waals surface area contributed by atoms with Crippen LogP contribution >= 0.6 is 0 Å². The SMILES string of the molecule is O.O.O=C(O)C(=O)O.[H-].[H-].[Li+].[Li+]. The number of hydrogen-bond acceptors (Lipinski definition) is 2. The summed E-state index contributed by atoms with van der Waals surface area (Å²) in [5.41, 5.74) is 0. The van der Waals surface area contributed by atoms with Gasteiger partial charge in [-0.15, -0.1) is 0 Å². The first-order chi connectivity index (χ1) is 2.64. The fourth-order valence-corrected chi connectivity index (χ4v) is 0. The van der Waals surface area contributed by atoms with Crippen molar-refractivity contribution in [1.82, 2.24) is 0 Å². The van der Waals surface area contributed by atoms with Gasteiger partial charge in [-0.2, -0.15) is 0 Å². The van der Waals surface area contributed by atoms with E-state index in [2.05, 4.69) is 0 Å². The number of carbonyl (C=O) groups is 2. The minimum atomic E-state index is -1.82. The van der Waals surface area contributed by atoms with Crippen molar-refractivity contribution in [3.05, 3.63) is 0 Å². The topological polar surface area (TPSA) is 138 Å². The van der Waals surface area contributed by atoms with Gasteiger partial charge in [0, 0.05) is 0 Å². The van der Waals surface area contributed by atoms with Gasteiger partial charge in [0.25, 0.3) is 0 Å². The molecule has 0 aromatic carbocycles. The molecule has 0 fully saturated rings. The van der Waals surface area contributed by atoms with Gasteiger partial charge in [0.1, 0.15) is 0 Å². The Morgan fingerprint density at radius 1 is 0.900 bits per heavy atom. The molecule has 0 saturated heterocycles. The molecule has 0 aromatic heterocycles. The second kappa shape index (κ2) is 16.0. The van der Waals surface area contributed by atoms with E-state index in [4.69, 9.17) is 19.8 Å². The molecular weight excluding hydrogens is 134 g/mol. The first-order valence-corrected chi connectivity index (χ1v) is 1.11. The van der Waals surface area contributed by atoms with Crippen LogP contribution in [0.2, 0.25) is 0 Å². The van der Waals surface area contributed by atoms with E-state index in [1.54, 1.807) is 0 Å². The van der Waals surface area contributed by atoms with Gasteiger partial charge in [-0.3, -0.25) is 0 Å². The molecule has 0 spiro atoms. The van der Waals surface area contributed by atoms with Crippen LogP contribution in [0, 0.1) is 0 Å². The van der Waals surface area contributed by atoms with Crippen LogP contribution in [-0.4, -0.2) is 33.1 Å². The van der Waals surface area contributed by atoms with Crippen LogP contribution in [0.25, 0.3) is 0 Å². The third-order valence-electron chi connectivity index (χ3n) is 0.183. The summed E-state index contributed by atoms with van der Waals surface area (Å²) in [6.07, 6.45) is 0. The molecule has 0 aromatic rings. The van der Waals surface area contributed by atoms with Gasteiger partial charge in [-0.25, -0.2) is 9.59 Å². The summed E-state index contributed by atoms with van der Waals surface area (Å²) in [6, 6.07) is 0. The van der Waals surface area contributed by atoms with Crippen molar-refractivity contribution in [1.29, 1.82) is 0 Å². The largest absolute Gasteiger partial charge is 1.00 e. The van der Waals surface area contributed by atoms with E-state index in [1.807, 2.05) is 0 Å². The summed E-state index contributed by atoms with van der Waals surface area (Å²) >= 11 is 0. The Kier molecular flexibility index (Phi) is 51.7. The van der Waals surface area contributed by atoms with E-state index >= 15 is 0 Å². The van der Waals surface area contributed by atoms with Gasteiger partial charge < -0.3 is 24.0 Å². The van der Waals surface area contributed by atoms with Crippen molar-refractivity contribution >= 4 is 11.9 Å². The first-order valence-electron chi connectivity index (χ1n) is 1.11. The van der Waals surface area contributed by atoms with Crippen LogP contribution in [-0.2, 0) is 9.59 Å². The van der Waals surface area contributed by atoms with Crippen molar-refractivity contribution < 1.29 is 71.3 Å². The third kappa shape index (κ3) is 24.4. The molecule has 8 heteroatoms. The van der Waals surface area contributed by atoms with Crippen molar-refractivity contribution in [2.45, 2.75) is 0 Å². The van der Waals surface area contributed by atoms with Crippen LogP contribution < -0.4 is 37.7 Å². The maximum atomic E-state index is 9.10. The molecule has 0 saturated carbocycles. The molecule has 0 bridgehead atoms. The van der Waals surface area contributed by atoms with Crippen LogP contribution in [0.3, 0.4) is 0 Å². The van der Waals surface area contributed by atoms with Crippen LogP contribution in [0.5, 0.6) is 0 Å². The smallest absolute Gasteiger partial charge is 1.00 e. The Hall–Kier alpha value is 0.0548. The standard InChI is InChI=1S/C2H2O4.2Li.2H2O.2H/c3-1(4)2(5)6;;;;;;/h(H,3,4)(H,5,6);;;2*1H2;;/q;2*+1;;;2*-1. The Labute approximate surface area is 83.5 Å². The molecular formula is C2H8Li2O6. The van der Waals surface area contributed by atoms with Gasteiger partial charge in [0.15, 0.2) is 0 Å². The molecule has 0 aliphatic rings. The molecule has 0 amide bonds. The minimum absolute atomic E-state index is 0. The van der Waals surface area contributed by atoms with Crippen molar-refractivity contribution in [3.63, 3.8) is 0 Å². The molecule has 0 heterocycles. The average Bonchev–Trinajstić information content (AvgIpc) is 1.36. The molecule has 0 rings (SSSR count). The summed E-state index contributed by atoms with van der Waals surface area (Å²) in [5.74, 6) is -3.65. The summed E-state index contributed by atoms with van der Waals surface area (Å²) < 4.78 is 0. The van der Waals surface area contributed by atoms with Crippen molar-refractivity contribution in [2.75, 3.05) is 0 Å². The third-order valence-corrected chi connectivity index (χ3v) is 0.183. The van der Waals surface area contributed by atoms with Crippen LogP contribution in [0.1, 0.15) is 2.85 Å². The summed E-state index contributed by atoms with van der Waals surface area (Å²) in [6.45, 7) is 0. The number of carboxylic acids is 2. The van der Waals surface area contributed by atoms with Gasteiger partial charge in [-0.05, 0) is 0 Å². The second-order valence-corrected chi connectivity index (χ2v) is 0.610. The molecule has 0 atom stereocenters. The zero-order valence-electron chi connectivity index (χ0n) is 7.71. The van der Waals surface area contributed by atoms with Crippen molar-refractivity contribution in [3.8, 4) is 0 Å². The zero-order valence-corrected chi connectivity index (χ0v) is 5.71. The molecule has 10 heavy (non-hydrogen) atoms. The molecule has 0 aliphatic heterocycles. The molecule has 54 valence electrons. The average molecular weight is 142 g/mol. The van der Waals surface area contributed by atoms with Crippen LogP contribution in [0.15, 0.2) is 0 Å². The van der Waals surface area contributed by atoms with Gasteiger partial charge in [0.05, 0.1) is 0 Å². The van der Waals surface area contributed by atoms with E-state index in [0.29, 0.717) is 0 Å².